The van der Waals surface area contributed by atoms with Gasteiger partial charge in [-0.05, 0) is 35.9 Å². The number of sulfonamides is 1. The van der Waals surface area contributed by atoms with Gasteiger partial charge in [-0.25, -0.2) is 9.59 Å². The number of methoxy groups -OCH3 is 1. The van der Waals surface area contributed by atoms with Crippen LogP contribution in [0.25, 0.3) is 0 Å². The van der Waals surface area contributed by atoms with E-state index < -0.39 is 50.3 Å². The number of hydrogen-bond donors (Lipinski definition) is 2. The molecule has 1 unspecified atom stereocenters. The molecule has 0 saturated carbocycles. The molecule has 1 atom stereocenters. The van der Waals surface area contributed by atoms with Crippen LogP contribution in [0.4, 0.5) is 23.7 Å². The number of morpholine rings is 1. The van der Waals surface area contributed by atoms with Gasteiger partial charge >= 0.3 is 27.6 Å². The van der Waals surface area contributed by atoms with Crippen molar-refractivity contribution >= 4 is 56.9 Å². The molecule has 0 radical (unpaired) electrons. The van der Waals surface area contributed by atoms with E-state index in [1.165, 1.54) is 27.8 Å². The fourth-order valence-electron chi connectivity index (χ4n) is 3.44. The molecule has 0 spiro atoms. The zero-order valence-electron chi connectivity index (χ0n) is 20.6. The molecule has 218 valence electrons. The molecule has 2 N–H and O–H groups in total. The first-order valence-corrected chi connectivity index (χ1v) is 13.6. The van der Waals surface area contributed by atoms with E-state index in [0.717, 1.165) is 25.3 Å². The maximum absolute atomic E-state index is 12.8. The van der Waals surface area contributed by atoms with Gasteiger partial charge in [0.1, 0.15) is 6.04 Å². The first kappa shape index (κ1) is 31.3. The highest BCUT2D eigenvalue weighted by Gasteiger charge is 2.46. The summed E-state index contributed by atoms with van der Waals surface area (Å²) < 4.78 is 77.0. The number of esters is 1. The van der Waals surface area contributed by atoms with Crippen LogP contribution < -0.4 is 14.8 Å². The van der Waals surface area contributed by atoms with Gasteiger partial charge in [0.25, 0.3) is 5.91 Å². The van der Waals surface area contributed by atoms with Crippen LogP contribution >= 0.6 is 23.2 Å². The molecular formula is C23H22Cl2F3N3O8S. The van der Waals surface area contributed by atoms with E-state index in [-0.39, 0.29) is 22.8 Å². The van der Waals surface area contributed by atoms with Crippen molar-refractivity contribution in [1.29, 1.82) is 0 Å². The lowest BCUT2D eigenvalue weighted by molar-refractivity contribution is -0.142. The van der Waals surface area contributed by atoms with Crippen LogP contribution in [0.1, 0.15) is 15.9 Å². The molecule has 0 bridgehead atoms. The number of amides is 2. The summed E-state index contributed by atoms with van der Waals surface area (Å²) in [6.07, 6.45) is -0.719. The monoisotopic (exact) mass is 627 g/mol. The zero-order chi connectivity index (χ0) is 29.7. The van der Waals surface area contributed by atoms with Crippen molar-refractivity contribution in [3.63, 3.8) is 0 Å². The van der Waals surface area contributed by atoms with Gasteiger partial charge in [0.2, 0.25) is 0 Å². The van der Waals surface area contributed by atoms with Gasteiger partial charge in [0, 0.05) is 19.5 Å². The number of rotatable bonds is 8. The normalized spacial score (nSPS) is 14.7. The van der Waals surface area contributed by atoms with E-state index in [1.807, 2.05) is 0 Å². The van der Waals surface area contributed by atoms with Gasteiger partial charge in [-0.1, -0.05) is 29.3 Å². The summed E-state index contributed by atoms with van der Waals surface area (Å²) >= 11 is 12.3. The second-order valence-corrected chi connectivity index (χ2v) is 10.7. The van der Waals surface area contributed by atoms with E-state index in [4.69, 9.17) is 37.4 Å². The van der Waals surface area contributed by atoms with Gasteiger partial charge in [0.15, 0.2) is 5.75 Å². The summed E-state index contributed by atoms with van der Waals surface area (Å²) in [7, 11) is -4.61. The Balaban J connectivity index is 1.71. The maximum atomic E-state index is 12.8. The largest absolute Gasteiger partial charge is 0.516 e. The van der Waals surface area contributed by atoms with Crippen molar-refractivity contribution in [3.8, 4) is 5.75 Å². The van der Waals surface area contributed by atoms with Gasteiger partial charge in [-0.15, -0.1) is 0 Å². The number of hydrogen-bond acceptors (Lipinski definition) is 8. The predicted molar refractivity (Wildman–Crippen MR) is 137 cm³/mol. The predicted octanol–water partition coefficient (Wildman–Crippen LogP) is 3.60. The number of benzene rings is 2. The average Bonchev–Trinajstić information content (AvgIpc) is 2.89. The minimum atomic E-state index is -5.70. The zero-order valence-corrected chi connectivity index (χ0v) is 22.9. The van der Waals surface area contributed by atoms with Gasteiger partial charge < -0.3 is 24.4 Å². The summed E-state index contributed by atoms with van der Waals surface area (Å²) in [5.74, 6) is -1.65. The molecule has 1 aliphatic rings. The first-order valence-electron chi connectivity index (χ1n) is 11.3. The van der Waals surface area contributed by atoms with Gasteiger partial charge in [0.05, 0.1) is 41.6 Å². The number of ether oxygens (including phenoxy) is 3. The van der Waals surface area contributed by atoms with Crippen molar-refractivity contribution in [2.45, 2.75) is 18.0 Å². The summed E-state index contributed by atoms with van der Waals surface area (Å²) in [5.41, 5.74) is -5.90. The Bertz CT molecular complexity index is 1390. The molecule has 3 rings (SSSR count). The van der Waals surface area contributed by atoms with Crippen LogP contribution in [0.3, 0.4) is 0 Å². The number of carbonyl (C=O) groups is 3. The summed E-state index contributed by atoms with van der Waals surface area (Å²) in [6, 6.07) is 5.80. The fourth-order valence-corrected chi connectivity index (χ4v) is 4.50. The second kappa shape index (κ2) is 12.9. The highest BCUT2D eigenvalue weighted by atomic mass is 35.5. The third-order valence-electron chi connectivity index (χ3n) is 5.46. The fraction of sp³-hybridized carbons (Fsp3) is 0.348. The maximum Gasteiger partial charge on any atom is 0.516 e. The van der Waals surface area contributed by atoms with Crippen LogP contribution in [0, 0.1) is 0 Å². The van der Waals surface area contributed by atoms with Crippen LogP contribution in [0.2, 0.25) is 10.0 Å². The average molecular weight is 628 g/mol. The van der Waals surface area contributed by atoms with E-state index in [2.05, 4.69) is 5.32 Å². The van der Waals surface area contributed by atoms with Gasteiger partial charge in [-0.3, -0.25) is 9.52 Å². The van der Waals surface area contributed by atoms with Crippen molar-refractivity contribution in [3.05, 3.63) is 57.6 Å². The van der Waals surface area contributed by atoms with Crippen LogP contribution in [0.15, 0.2) is 36.4 Å². The van der Waals surface area contributed by atoms with Crippen molar-refractivity contribution in [2.75, 3.05) is 38.1 Å². The van der Waals surface area contributed by atoms with Crippen LogP contribution in [-0.2, 0) is 30.7 Å². The minimum absolute atomic E-state index is 0.0639. The lowest BCUT2D eigenvalue weighted by atomic mass is 10.0. The summed E-state index contributed by atoms with van der Waals surface area (Å²) in [4.78, 5) is 39.0. The molecule has 0 aromatic heterocycles. The second-order valence-electron chi connectivity index (χ2n) is 8.23. The number of halogens is 5. The molecular weight excluding hydrogens is 606 g/mol. The summed E-state index contributed by atoms with van der Waals surface area (Å²) in [6.45, 7) is 1.50. The Hall–Kier alpha value is -3.27. The highest BCUT2D eigenvalue weighted by Crippen LogP contribution is 2.29. The molecule has 0 aliphatic carbocycles. The van der Waals surface area contributed by atoms with Crippen molar-refractivity contribution in [1.82, 2.24) is 10.2 Å². The lowest BCUT2D eigenvalue weighted by Crippen LogP contribution is -2.43. The van der Waals surface area contributed by atoms with Crippen molar-refractivity contribution < 1.29 is 50.2 Å². The third-order valence-corrected chi connectivity index (χ3v) is 7.19. The van der Waals surface area contributed by atoms with Crippen LogP contribution in [0.5, 0.6) is 5.75 Å². The van der Waals surface area contributed by atoms with E-state index in [9.17, 15) is 36.0 Å². The lowest BCUT2D eigenvalue weighted by Gasteiger charge is -2.26. The van der Waals surface area contributed by atoms with E-state index in [1.54, 1.807) is 0 Å². The van der Waals surface area contributed by atoms with E-state index >= 15 is 0 Å². The number of carbonyl (C=O) groups excluding carboxylic acids is 3. The number of nitrogens with one attached hydrogen (secondary N) is 2. The van der Waals surface area contributed by atoms with Crippen molar-refractivity contribution in [2.24, 2.45) is 0 Å². The van der Waals surface area contributed by atoms with Crippen LogP contribution in [-0.4, -0.2) is 76.3 Å². The molecule has 2 aromatic carbocycles. The Morgan fingerprint density at radius 3 is 2.33 bits per heavy atom. The molecule has 40 heavy (non-hydrogen) atoms. The SMILES string of the molecule is COC(=O)C(Cc1ccc(OC(=O)N2CCOCC2)c(Cl)c1)NC(=O)c1ccc(NS(=O)(=O)C(F)(F)F)cc1Cl. The highest BCUT2D eigenvalue weighted by molar-refractivity contribution is 7.93. The molecule has 17 heteroatoms. The Morgan fingerprint density at radius 1 is 1.07 bits per heavy atom. The van der Waals surface area contributed by atoms with Gasteiger partial charge in [-0.2, -0.15) is 21.6 Å². The Kier molecular flexibility index (Phi) is 10.1. The molecule has 11 nitrogen and oxygen atoms in total. The molecule has 1 heterocycles. The molecule has 1 fully saturated rings. The number of nitrogens with zero attached hydrogens (tertiary/aromatic N) is 1. The molecule has 2 aromatic rings. The Morgan fingerprint density at radius 2 is 1.75 bits per heavy atom. The minimum Gasteiger partial charge on any atom is -0.467 e. The number of alkyl halides is 3. The standard InChI is InChI=1S/C23H22Cl2F3N3O8S/c1-37-21(33)18(11-13-2-5-19(17(25)10-13)39-22(34)31-6-8-38-9-7-31)29-20(32)15-4-3-14(12-16(15)24)30-40(35,36)23(26,27)28/h2-5,10,12,18,30H,6-9,11H2,1H3,(H,29,32). The summed E-state index contributed by atoms with van der Waals surface area (Å²) in [5, 5.41) is 2.08. The molecule has 2 amide bonds. The third kappa shape index (κ3) is 7.90. The molecule has 1 aliphatic heterocycles. The first-order chi connectivity index (χ1) is 18.7. The molecule has 1 saturated heterocycles. The smallest absolute Gasteiger partial charge is 0.467 e. The van der Waals surface area contributed by atoms with E-state index in [0.29, 0.717) is 31.9 Å². The number of anilines is 1. The topological polar surface area (TPSA) is 140 Å². The Labute approximate surface area is 236 Å². The quantitative estimate of drug-likeness (QED) is 0.423.